The molecule has 0 bridgehead atoms. The van der Waals surface area contributed by atoms with Crippen LogP contribution in [0.1, 0.15) is 38.3 Å². The number of benzene rings is 1. The van der Waals surface area contributed by atoms with Crippen LogP contribution in [0.4, 0.5) is 4.53 Å². The van der Waals surface area contributed by atoms with Crippen molar-refractivity contribution in [1.29, 1.82) is 0 Å². The minimum absolute atomic E-state index is 0.0432. The Balaban J connectivity index is 3.14. The van der Waals surface area contributed by atoms with Crippen LogP contribution in [0.5, 0.6) is 5.75 Å². The predicted octanol–water partition coefficient (Wildman–Crippen LogP) is 3.21. The number of hydrogen-bond acceptors (Lipinski definition) is 4. The molecule has 0 fully saturated rings. The maximum Gasteiger partial charge on any atom is 0.559 e. The SMILES string of the molecule is CCC(C)(C)c1ccc(OP(=O)(O)OF)c(CN)c1. The first-order valence-corrected chi connectivity index (χ1v) is 7.41. The van der Waals surface area contributed by atoms with Gasteiger partial charge in [-0.05, 0) is 28.0 Å². The first-order valence-electron chi connectivity index (χ1n) is 5.92. The summed E-state index contributed by atoms with van der Waals surface area (Å²) in [5, 5.41) is 0. The van der Waals surface area contributed by atoms with Gasteiger partial charge in [0.15, 0.2) is 0 Å². The van der Waals surface area contributed by atoms with Crippen LogP contribution in [0.3, 0.4) is 0 Å². The molecule has 0 heterocycles. The van der Waals surface area contributed by atoms with Crippen molar-refractivity contribution in [3.8, 4) is 5.75 Å². The molecule has 0 aliphatic heterocycles. The molecule has 0 amide bonds. The molecule has 0 spiro atoms. The Morgan fingerprint density at radius 1 is 1.47 bits per heavy atom. The van der Waals surface area contributed by atoms with Crippen molar-refractivity contribution < 1.29 is 23.2 Å². The fourth-order valence-corrected chi connectivity index (χ4v) is 2.05. The van der Waals surface area contributed by atoms with Crippen molar-refractivity contribution >= 4 is 7.82 Å². The summed E-state index contributed by atoms with van der Waals surface area (Å²) in [6, 6.07) is 5.05. The van der Waals surface area contributed by atoms with Crippen molar-refractivity contribution in [3.63, 3.8) is 0 Å². The summed E-state index contributed by atoms with van der Waals surface area (Å²) >= 11 is 0. The number of phosphoric acid groups is 1. The monoisotopic (exact) mass is 291 g/mol. The Morgan fingerprint density at radius 3 is 2.58 bits per heavy atom. The lowest BCUT2D eigenvalue weighted by molar-refractivity contribution is -0.0363. The summed E-state index contributed by atoms with van der Waals surface area (Å²) in [7, 11) is -4.72. The van der Waals surface area contributed by atoms with Crippen LogP contribution < -0.4 is 10.3 Å². The van der Waals surface area contributed by atoms with Gasteiger partial charge in [0.05, 0.1) is 0 Å². The average molecular weight is 291 g/mol. The van der Waals surface area contributed by atoms with E-state index in [9.17, 15) is 9.09 Å². The Morgan fingerprint density at radius 2 is 2.11 bits per heavy atom. The van der Waals surface area contributed by atoms with Crippen molar-refractivity contribution in [2.45, 2.75) is 39.2 Å². The fourth-order valence-electron chi connectivity index (χ4n) is 1.59. The van der Waals surface area contributed by atoms with Crippen molar-refractivity contribution in [3.05, 3.63) is 29.3 Å². The molecule has 1 unspecified atom stereocenters. The molecule has 1 aromatic rings. The Kier molecular flexibility index (Phi) is 5.10. The number of rotatable bonds is 6. The van der Waals surface area contributed by atoms with Gasteiger partial charge < -0.3 is 10.3 Å². The van der Waals surface area contributed by atoms with Crippen LogP contribution in [0.15, 0.2) is 18.2 Å². The average Bonchev–Trinajstić information content (AvgIpc) is 2.38. The van der Waals surface area contributed by atoms with E-state index >= 15 is 0 Å². The lowest BCUT2D eigenvalue weighted by Crippen LogP contribution is -2.16. The highest BCUT2D eigenvalue weighted by molar-refractivity contribution is 7.47. The minimum atomic E-state index is -4.72. The van der Waals surface area contributed by atoms with Crippen molar-refractivity contribution in [2.24, 2.45) is 5.73 Å². The predicted molar refractivity (Wildman–Crippen MR) is 70.3 cm³/mol. The summed E-state index contributed by atoms with van der Waals surface area (Å²) in [6.07, 6.45) is 0.920. The molecular formula is C12H19FNO4P. The first-order chi connectivity index (χ1) is 8.75. The molecule has 0 saturated carbocycles. The summed E-state index contributed by atoms with van der Waals surface area (Å²) in [6.45, 7) is 6.32. The zero-order chi connectivity index (χ0) is 14.7. The van der Waals surface area contributed by atoms with Gasteiger partial charge in [-0.3, -0.25) is 4.89 Å². The second-order valence-corrected chi connectivity index (χ2v) is 6.15. The van der Waals surface area contributed by atoms with E-state index in [1.54, 1.807) is 12.1 Å². The third kappa shape index (κ3) is 4.01. The number of phosphoric ester groups is 1. The van der Waals surface area contributed by atoms with E-state index in [1.807, 2.05) is 0 Å². The third-order valence-electron chi connectivity index (χ3n) is 3.25. The van der Waals surface area contributed by atoms with Gasteiger partial charge in [0.25, 0.3) is 0 Å². The summed E-state index contributed by atoms with van der Waals surface area (Å²) in [5.41, 5.74) is 7.07. The van der Waals surface area contributed by atoms with E-state index in [0.717, 1.165) is 12.0 Å². The largest absolute Gasteiger partial charge is 0.559 e. The number of hydrogen-bond donors (Lipinski definition) is 2. The highest BCUT2D eigenvalue weighted by Crippen LogP contribution is 2.45. The number of nitrogens with two attached hydrogens (primary N) is 1. The van der Waals surface area contributed by atoms with Crippen LogP contribution >= 0.6 is 7.82 Å². The zero-order valence-corrected chi connectivity index (χ0v) is 12.1. The highest BCUT2D eigenvalue weighted by Gasteiger charge is 2.26. The maximum absolute atomic E-state index is 11.8. The lowest BCUT2D eigenvalue weighted by atomic mass is 9.81. The minimum Gasteiger partial charge on any atom is -0.402 e. The van der Waals surface area contributed by atoms with E-state index in [4.69, 9.17) is 10.6 Å². The Labute approximate surface area is 112 Å². The topological polar surface area (TPSA) is 81.8 Å². The zero-order valence-electron chi connectivity index (χ0n) is 11.2. The molecule has 3 N–H and O–H groups in total. The van der Waals surface area contributed by atoms with Crippen molar-refractivity contribution in [1.82, 2.24) is 0 Å². The van der Waals surface area contributed by atoms with Crippen LogP contribution in [0.2, 0.25) is 0 Å². The van der Waals surface area contributed by atoms with E-state index < -0.39 is 7.82 Å². The molecule has 0 aliphatic carbocycles. The van der Waals surface area contributed by atoms with E-state index in [-0.39, 0.29) is 17.7 Å². The second kappa shape index (κ2) is 6.01. The van der Waals surface area contributed by atoms with Crippen molar-refractivity contribution in [2.75, 3.05) is 0 Å². The normalized spacial score (nSPS) is 15.1. The summed E-state index contributed by atoms with van der Waals surface area (Å²) in [5.74, 6) is 0.0432. The first kappa shape index (κ1) is 16.1. The third-order valence-corrected chi connectivity index (χ3v) is 3.85. The van der Waals surface area contributed by atoms with E-state index in [1.165, 1.54) is 6.07 Å². The van der Waals surface area contributed by atoms with Gasteiger partial charge in [-0.25, -0.2) is 4.57 Å². The van der Waals surface area contributed by atoms with E-state index in [0.29, 0.717) is 5.56 Å². The standard InChI is InChI=1S/C12H19FNO4P/c1-4-12(2,3)10-5-6-11(9(7-10)8-14)17-19(15,16)18-13/h5-7H,4,8,14H2,1-3H3,(H,15,16). The summed E-state index contributed by atoms with van der Waals surface area (Å²) in [4.78, 5) is 8.97. The summed E-state index contributed by atoms with van der Waals surface area (Å²) < 4.78 is 30.4. The molecule has 0 saturated heterocycles. The molecule has 19 heavy (non-hydrogen) atoms. The molecule has 5 nitrogen and oxygen atoms in total. The van der Waals surface area contributed by atoms with Gasteiger partial charge in [0, 0.05) is 12.1 Å². The van der Waals surface area contributed by atoms with Gasteiger partial charge in [0.1, 0.15) is 5.75 Å². The molecule has 0 radical (unpaired) electrons. The maximum atomic E-state index is 11.8. The smallest absolute Gasteiger partial charge is 0.402 e. The fraction of sp³-hybridized carbons (Fsp3) is 0.500. The lowest BCUT2D eigenvalue weighted by Gasteiger charge is -2.24. The van der Waals surface area contributed by atoms with Gasteiger partial charge >= 0.3 is 7.82 Å². The molecule has 1 rings (SSSR count). The molecule has 7 heteroatoms. The van der Waals surface area contributed by atoms with E-state index in [2.05, 4.69) is 30.0 Å². The van der Waals surface area contributed by atoms with Gasteiger partial charge in [-0.2, -0.15) is 0 Å². The molecule has 1 atom stereocenters. The molecule has 108 valence electrons. The quantitative estimate of drug-likeness (QED) is 0.786. The van der Waals surface area contributed by atoms with Crippen LogP contribution in [-0.4, -0.2) is 4.89 Å². The van der Waals surface area contributed by atoms with Crippen LogP contribution in [0, 0.1) is 0 Å². The Bertz CT molecular complexity index is 493. The number of halogens is 1. The van der Waals surface area contributed by atoms with Gasteiger partial charge in [0.2, 0.25) is 0 Å². The highest BCUT2D eigenvalue weighted by atomic mass is 31.2. The van der Waals surface area contributed by atoms with Crippen LogP contribution in [-0.2, 0) is 21.3 Å². The molecular weight excluding hydrogens is 272 g/mol. The second-order valence-electron chi connectivity index (χ2n) is 4.89. The molecule has 0 aromatic heterocycles. The Hall–Kier alpha value is -0.940. The molecule has 1 aromatic carbocycles. The van der Waals surface area contributed by atoms with Crippen LogP contribution in [0.25, 0.3) is 0 Å². The van der Waals surface area contributed by atoms with Gasteiger partial charge in [-0.15, -0.1) is 0 Å². The van der Waals surface area contributed by atoms with Gasteiger partial charge in [-0.1, -0.05) is 37.6 Å². The molecule has 0 aliphatic rings.